The third-order valence-corrected chi connectivity index (χ3v) is 3.69. The van der Waals surface area contributed by atoms with E-state index in [4.69, 9.17) is 9.84 Å². The van der Waals surface area contributed by atoms with Gasteiger partial charge in [-0.2, -0.15) is 0 Å². The summed E-state index contributed by atoms with van der Waals surface area (Å²) in [4.78, 5) is 24.4. The summed E-state index contributed by atoms with van der Waals surface area (Å²) in [5.41, 5.74) is -0.443. The number of amides is 1. The van der Waals surface area contributed by atoms with Gasteiger partial charge in [-0.3, -0.25) is 4.79 Å². The highest BCUT2D eigenvalue weighted by atomic mass is 16.5. The van der Waals surface area contributed by atoms with Crippen molar-refractivity contribution >= 4 is 17.6 Å². The molecule has 0 fully saturated rings. The van der Waals surface area contributed by atoms with Crippen LogP contribution >= 0.6 is 0 Å². The van der Waals surface area contributed by atoms with Crippen molar-refractivity contribution in [2.45, 2.75) is 25.4 Å². The first kappa shape index (κ1) is 14.3. The van der Waals surface area contributed by atoms with Crippen molar-refractivity contribution in [3.05, 3.63) is 23.3 Å². The van der Waals surface area contributed by atoms with Crippen LogP contribution in [0.2, 0.25) is 0 Å². The SMILES string of the molecule is COc1cc2c(cc1C(C)(O)C(=O)O)N(C)C(=O)CC2. The predicted octanol–water partition coefficient (Wildman–Crippen LogP) is 0.896. The molecule has 1 aromatic rings. The fourth-order valence-corrected chi connectivity index (χ4v) is 2.33. The Morgan fingerprint density at radius 3 is 2.60 bits per heavy atom. The van der Waals surface area contributed by atoms with Gasteiger partial charge in [0.05, 0.1) is 7.11 Å². The molecular weight excluding hydrogens is 262 g/mol. The van der Waals surface area contributed by atoms with Gasteiger partial charge >= 0.3 is 5.97 Å². The van der Waals surface area contributed by atoms with Crippen LogP contribution in [0.25, 0.3) is 0 Å². The zero-order valence-electron chi connectivity index (χ0n) is 11.6. The van der Waals surface area contributed by atoms with Crippen LogP contribution in [0.1, 0.15) is 24.5 Å². The minimum atomic E-state index is -2.08. The minimum Gasteiger partial charge on any atom is -0.496 e. The van der Waals surface area contributed by atoms with E-state index in [1.165, 1.54) is 25.0 Å². The summed E-state index contributed by atoms with van der Waals surface area (Å²) < 4.78 is 5.18. The number of nitrogens with zero attached hydrogens (tertiary/aromatic N) is 1. The average molecular weight is 279 g/mol. The number of rotatable bonds is 3. The van der Waals surface area contributed by atoms with Crippen LogP contribution in [0.3, 0.4) is 0 Å². The standard InChI is InChI=1S/C14H17NO5/c1-14(19,13(17)18)9-7-10-8(6-11(9)20-3)4-5-12(16)15(10)2/h6-7,19H,4-5H2,1-3H3,(H,17,18). The first-order chi connectivity index (χ1) is 9.28. The summed E-state index contributed by atoms with van der Waals surface area (Å²) >= 11 is 0. The van der Waals surface area contributed by atoms with Gasteiger partial charge < -0.3 is 19.8 Å². The Bertz CT molecular complexity index is 579. The number of aliphatic carboxylic acids is 1. The molecule has 2 N–H and O–H groups in total. The van der Waals surface area contributed by atoms with Crippen molar-refractivity contribution in [2.24, 2.45) is 0 Å². The number of benzene rings is 1. The van der Waals surface area contributed by atoms with E-state index in [0.717, 1.165) is 5.56 Å². The monoisotopic (exact) mass is 279 g/mol. The van der Waals surface area contributed by atoms with Crippen LogP contribution in [-0.2, 0) is 21.6 Å². The number of fused-ring (bicyclic) bond motifs is 1. The van der Waals surface area contributed by atoms with E-state index in [2.05, 4.69) is 0 Å². The molecule has 1 heterocycles. The number of aryl methyl sites for hydroxylation is 1. The number of aliphatic hydroxyl groups is 1. The second-order valence-corrected chi connectivity index (χ2v) is 5.01. The van der Waals surface area contributed by atoms with Gasteiger partial charge in [-0.1, -0.05) is 0 Å². The Kier molecular flexibility index (Phi) is 3.43. The summed E-state index contributed by atoms with van der Waals surface area (Å²) in [6, 6.07) is 3.20. The Morgan fingerprint density at radius 2 is 2.05 bits per heavy atom. The first-order valence-corrected chi connectivity index (χ1v) is 6.22. The van der Waals surface area contributed by atoms with Gasteiger partial charge in [-0.25, -0.2) is 4.79 Å². The Balaban J connectivity index is 2.64. The number of carboxylic acids is 1. The molecule has 0 radical (unpaired) electrons. The molecule has 6 heteroatoms. The number of ether oxygens (including phenoxy) is 1. The molecule has 1 aliphatic rings. The summed E-state index contributed by atoms with van der Waals surface area (Å²) in [7, 11) is 3.05. The number of methoxy groups -OCH3 is 1. The van der Waals surface area contributed by atoms with Crippen LogP contribution in [0.5, 0.6) is 5.75 Å². The third-order valence-electron chi connectivity index (χ3n) is 3.69. The molecule has 1 aromatic carbocycles. The molecule has 6 nitrogen and oxygen atoms in total. The molecule has 1 unspecified atom stereocenters. The van der Waals surface area contributed by atoms with E-state index in [0.29, 0.717) is 24.3 Å². The molecule has 0 bridgehead atoms. The normalized spacial score (nSPS) is 17.4. The van der Waals surface area contributed by atoms with E-state index in [-0.39, 0.29) is 11.5 Å². The predicted molar refractivity (Wildman–Crippen MR) is 71.9 cm³/mol. The quantitative estimate of drug-likeness (QED) is 0.858. The van der Waals surface area contributed by atoms with E-state index in [1.807, 2.05) is 0 Å². The lowest BCUT2D eigenvalue weighted by Crippen LogP contribution is -2.35. The second kappa shape index (κ2) is 4.79. The van der Waals surface area contributed by atoms with Gasteiger partial charge in [0.15, 0.2) is 5.60 Å². The highest BCUT2D eigenvalue weighted by molar-refractivity contribution is 5.96. The van der Waals surface area contributed by atoms with Gasteiger partial charge in [0.25, 0.3) is 0 Å². The molecule has 2 rings (SSSR count). The van der Waals surface area contributed by atoms with Crippen LogP contribution in [-0.4, -0.2) is 36.2 Å². The van der Waals surface area contributed by atoms with Gasteiger partial charge in [-0.05, 0) is 31.0 Å². The number of carbonyl (C=O) groups excluding carboxylic acids is 1. The molecular formula is C14H17NO5. The Labute approximate surface area is 116 Å². The lowest BCUT2D eigenvalue weighted by molar-refractivity contribution is -0.157. The van der Waals surface area contributed by atoms with E-state index in [1.54, 1.807) is 13.1 Å². The summed E-state index contributed by atoms with van der Waals surface area (Å²) in [6.07, 6.45) is 0.978. The molecule has 0 saturated carbocycles. The molecule has 0 saturated heterocycles. The zero-order valence-corrected chi connectivity index (χ0v) is 11.6. The summed E-state index contributed by atoms with van der Waals surface area (Å²) in [5.74, 6) is -1.11. The maximum Gasteiger partial charge on any atom is 0.340 e. The van der Waals surface area contributed by atoms with Crippen molar-refractivity contribution < 1.29 is 24.5 Å². The van der Waals surface area contributed by atoms with Crippen LogP contribution in [0, 0.1) is 0 Å². The summed E-state index contributed by atoms with van der Waals surface area (Å²) in [5, 5.41) is 19.3. The van der Waals surface area contributed by atoms with E-state index in [9.17, 15) is 14.7 Å². The fraction of sp³-hybridized carbons (Fsp3) is 0.429. The van der Waals surface area contributed by atoms with Crippen molar-refractivity contribution in [1.82, 2.24) is 0 Å². The fourth-order valence-electron chi connectivity index (χ4n) is 2.33. The minimum absolute atomic E-state index is 0.0383. The Morgan fingerprint density at radius 1 is 1.40 bits per heavy atom. The second-order valence-electron chi connectivity index (χ2n) is 5.01. The smallest absolute Gasteiger partial charge is 0.340 e. The summed E-state index contributed by atoms with van der Waals surface area (Å²) in [6.45, 7) is 1.18. The van der Waals surface area contributed by atoms with Gasteiger partial charge in [0, 0.05) is 24.7 Å². The molecule has 1 aliphatic heterocycles. The van der Waals surface area contributed by atoms with Crippen LogP contribution < -0.4 is 9.64 Å². The molecule has 108 valence electrons. The lowest BCUT2D eigenvalue weighted by atomic mass is 9.90. The van der Waals surface area contributed by atoms with Gasteiger partial charge in [0.2, 0.25) is 5.91 Å². The van der Waals surface area contributed by atoms with Crippen molar-refractivity contribution in [2.75, 3.05) is 19.1 Å². The number of anilines is 1. The number of hydrogen-bond donors (Lipinski definition) is 2. The van der Waals surface area contributed by atoms with Crippen LogP contribution in [0.4, 0.5) is 5.69 Å². The van der Waals surface area contributed by atoms with Gasteiger partial charge in [-0.15, -0.1) is 0 Å². The zero-order chi connectivity index (χ0) is 15.1. The lowest BCUT2D eigenvalue weighted by Gasteiger charge is -2.29. The van der Waals surface area contributed by atoms with E-state index < -0.39 is 11.6 Å². The van der Waals surface area contributed by atoms with Gasteiger partial charge in [0.1, 0.15) is 5.75 Å². The topological polar surface area (TPSA) is 87.1 Å². The molecule has 1 amide bonds. The number of carbonyl (C=O) groups is 2. The molecule has 20 heavy (non-hydrogen) atoms. The number of hydrogen-bond acceptors (Lipinski definition) is 4. The highest BCUT2D eigenvalue weighted by Crippen LogP contribution is 2.38. The molecule has 0 aromatic heterocycles. The van der Waals surface area contributed by atoms with Crippen molar-refractivity contribution in [3.63, 3.8) is 0 Å². The maximum absolute atomic E-state index is 11.7. The maximum atomic E-state index is 11.7. The first-order valence-electron chi connectivity index (χ1n) is 6.22. The Hall–Kier alpha value is -2.08. The number of carboxylic acid groups (broad SMARTS) is 1. The average Bonchev–Trinajstić information content (AvgIpc) is 2.41. The molecule has 1 atom stereocenters. The van der Waals surface area contributed by atoms with Crippen LogP contribution in [0.15, 0.2) is 12.1 Å². The molecule has 0 spiro atoms. The van der Waals surface area contributed by atoms with Crippen molar-refractivity contribution in [3.8, 4) is 5.75 Å². The molecule has 0 aliphatic carbocycles. The largest absolute Gasteiger partial charge is 0.496 e. The van der Waals surface area contributed by atoms with E-state index >= 15 is 0 Å². The third kappa shape index (κ3) is 2.12. The highest BCUT2D eigenvalue weighted by Gasteiger charge is 2.37. The van der Waals surface area contributed by atoms with Crippen molar-refractivity contribution in [1.29, 1.82) is 0 Å².